The van der Waals surface area contributed by atoms with E-state index in [9.17, 15) is 0 Å². The van der Waals surface area contributed by atoms with E-state index in [2.05, 4.69) is 13.5 Å². The minimum absolute atomic E-state index is 0.107. The van der Waals surface area contributed by atoms with Crippen molar-refractivity contribution >= 4 is 11.6 Å². The van der Waals surface area contributed by atoms with Gasteiger partial charge < -0.3 is 4.74 Å². The summed E-state index contributed by atoms with van der Waals surface area (Å²) in [7, 11) is 0. The molecule has 0 bridgehead atoms. The number of rotatable bonds is 5. The highest BCUT2D eigenvalue weighted by Crippen LogP contribution is 2.10. The molecule has 1 unspecified atom stereocenters. The first kappa shape index (κ1) is 11.7. The molecule has 2 heteroatoms. The second kappa shape index (κ2) is 6.27. The molecule has 0 amide bonds. The monoisotopic (exact) mass is 188 g/mol. The van der Waals surface area contributed by atoms with Crippen LogP contribution in [0.4, 0.5) is 0 Å². The highest BCUT2D eigenvalue weighted by Gasteiger charge is 2.05. The van der Waals surface area contributed by atoms with Crippen LogP contribution in [-0.4, -0.2) is 12.2 Å². The Balaban J connectivity index is 4.07. The Bertz CT molecular complexity index is 161. The fraction of sp³-hybridized carbons (Fsp3) is 0.600. The standard InChI is InChI=1S/C10H17ClO/c1-5-9(11)7-10(6-2)12-8(3)4/h5,7-8,10H,1,6H2,2-4H3/b9-7+. The topological polar surface area (TPSA) is 9.23 Å². The van der Waals surface area contributed by atoms with Crippen LogP contribution in [0.1, 0.15) is 27.2 Å². The zero-order valence-corrected chi connectivity index (χ0v) is 8.77. The summed E-state index contributed by atoms with van der Waals surface area (Å²) in [4.78, 5) is 0. The number of halogens is 1. The third kappa shape index (κ3) is 5.39. The van der Waals surface area contributed by atoms with Crippen molar-refractivity contribution < 1.29 is 4.74 Å². The molecule has 0 saturated heterocycles. The largest absolute Gasteiger partial charge is 0.371 e. The molecule has 0 aromatic carbocycles. The molecule has 0 fully saturated rings. The van der Waals surface area contributed by atoms with E-state index < -0.39 is 0 Å². The molecular weight excluding hydrogens is 172 g/mol. The lowest BCUT2D eigenvalue weighted by molar-refractivity contribution is 0.0337. The summed E-state index contributed by atoms with van der Waals surface area (Å²) < 4.78 is 5.56. The maximum atomic E-state index is 5.79. The van der Waals surface area contributed by atoms with E-state index in [1.807, 2.05) is 19.9 Å². The Kier molecular flexibility index (Phi) is 6.13. The van der Waals surface area contributed by atoms with E-state index in [0.29, 0.717) is 5.03 Å². The molecule has 12 heavy (non-hydrogen) atoms. The molecular formula is C10H17ClO. The first-order valence-electron chi connectivity index (χ1n) is 4.25. The number of hydrogen-bond donors (Lipinski definition) is 0. The van der Waals surface area contributed by atoms with Crippen LogP contribution in [-0.2, 0) is 4.74 Å². The maximum Gasteiger partial charge on any atom is 0.0773 e. The summed E-state index contributed by atoms with van der Waals surface area (Å²) in [6.07, 6.45) is 4.78. The Morgan fingerprint density at radius 1 is 1.58 bits per heavy atom. The molecule has 0 aliphatic heterocycles. The third-order valence-corrected chi connectivity index (χ3v) is 1.67. The molecule has 0 N–H and O–H groups in total. The van der Waals surface area contributed by atoms with Crippen LogP contribution in [0.15, 0.2) is 23.8 Å². The maximum absolute atomic E-state index is 5.79. The Labute approximate surface area is 80.1 Å². The molecule has 0 aromatic rings. The lowest BCUT2D eigenvalue weighted by atomic mass is 10.2. The summed E-state index contributed by atoms with van der Waals surface area (Å²) >= 11 is 5.79. The number of allylic oxidation sites excluding steroid dienone is 2. The van der Waals surface area contributed by atoms with E-state index in [0.717, 1.165) is 6.42 Å². The highest BCUT2D eigenvalue weighted by molar-refractivity contribution is 6.31. The lowest BCUT2D eigenvalue weighted by Gasteiger charge is -2.15. The number of ether oxygens (including phenoxy) is 1. The summed E-state index contributed by atoms with van der Waals surface area (Å²) in [6, 6.07) is 0. The molecule has 0 heterocycles. The molecule has 0 spiro atoms. The quantitative estimate of drug-likeness (QED) is 0.601. The minimum atomic E-state index is 0.107. The van der Waals surface area contributed by atoms with Crippen molar-refractivity contribution in [3.63, 3.8) is 0 Å². The van der Waals surface area contributed by atoms with Crippen molar-refractivity contribution in [2.24, 2.45) is 0 Å². The van der Waals surface area contributed by atoms with E-state index in [4.69, 9.17) is 16.3 Å². The van der Waals surface area contributed by atoms with E-state index in [1.165, 1.54) is 0 Å². The molecule has 0 aromatic heterocycles. The van der Waals surface area contributed by atoms with Crippen LogP contribution >= 0.6 is 11.6 Å². The highest BCUT2D eigenvalue weighted by atomic mass is 35.5. The molecule has 0 rings (SSSR count). The molecule has 0 aliphatic carbocycles. The van der Waals surface area contributed by atoms with Gasteiger partial charge in [0.15, 0.2) is 0 Å². The van der Waals surface area contributed by atoms with Gasteiger partial charge in [-0.2, -0.15) is 0 Å². The van der Waals surface area contributed by atoms with Gasteiger partial charge in [0.25, 0.3) is 0 Å². The molecule has 1 atom stereocenters. The Hall–Kier alpha value is -0.270. The average Bonchev–Trinajstić information content (AvgIpc) is 2.02. The average molecular weight is 189 g/mol. The van der Waals surface area contributed by atoms with Gasteiger partial charge in [-0.25, -0.2) is 0 Å². The van der Waals surface area contributed by atoms with E-state index in [-0.39, 0.29) is 12.2 Å². The predicted octanol–water partition coefficient (Wildman–Crippen LogP) is 3.50. The molecule has 0 aliphatic rings. The normalized spacial score (nSPS) is 14.9. The first-order valence-corrected chi connectivity index (χ1v) is 4.63. The molecule has 1 nitrogen and oxygen atoms in total. The summed E-state index contributed by atoms with van der Waals surface area (Å²) in [5, 5.41) is 0.655. The second-order valence-corrected chi connectivity index (χ2v) is 3.32. The fourth-order valence-corrected chi connectivity index (χ4v) is 0.989. The van der Waals surface area contributed by atoms with Crippen molar-refractivity contribution in [2.45, 2.75) is 39.4 Å². The van der Waals surface area contributed by atoms with Crippen molar-refractivity contribution in [1.82, 2.24) is 0 Å². The van der Waals surface area contributed by atoms with Gasteiger partial charge in [0.05, 0.1) is 12.2 Å². The Morgan fingerprint density at radius 2 is 2.17 bits per heavy atom. The molecule has 70 valence electrons. The fourth-order valence-electron chi connectivity index (χ4n) is 0.849. The minimum Gasteiger partial charge on any atom is -0.371 e. The van der Waals surface area contributed by atoms with Crippen molar-refractivity contribution in [3.05, 3.63) is 23.8 Å². The van der Waals surface area contributed by atoms with Crippen LogP contribution in [0.2, 0.25) is 0 Å². The van der Waals surface area contributed by atoms with Crippen LogP contribution in [0, 0.1) is 0 Å². The van der Waals surface area contributed by atoms with Gasteiger partial charge in [-0.05, 0) is 26.3 Å². The van der Waals surface area contributed by atoms with Gasteiger partial charge in [0, 0.05) is 5.03 Å². The van der Waals surface area contributed by atoms with Crippen LogP contribution in [0.25, 0.3) is 0 Å². The van der Waals surface area contributed by atoms with Crippen molar-refractivity contribution in [3.8, 4) is 0 Å². The van der Waals surface area contributed by atoms with Gasteiger partial charge in [0.2, 0.25) is 0 Å². The van der Waals surface area contributed by atoms with Crippen LogP contribution in [0.5, 0.6) is 0 Å². The van der Waals surface area contributed by atoms with Gasteiger partial charge in [-0.1, -0.05) is 31.2 Å². The van der Waals surface area contributed by atoms with Gasteiger partial charge in [-0.15, -0.1) is 0 Å². The molecule has 0 saturated carbocycles. The van der Waals surface area contributed by atoms with Crippen LogP contribution < -0.4 is 0 Å². The third-order valence-electron chi connectivity index (χ3n) is 1.39. The SMILES string of the molecule is C=C/C(Cl)=C\C(CC)OC(C)C. The van der Waals surface area contributed by atoms with Crippen LogP contribution in [0.3, 0.4) is 0 Å². The van der Waals surface area contributed by atoms with Crippen molar-refractivity contribution in [1.29, 1.82) is 0 Å². The lowest BCUT2D eigenvalue weighted by Crippen LogP contribution is -2.14. The van der Waals surface area contributed by atoms with E-state index in [1.54, 1.807) is 6.08 Å². The summed E-state index contributed by atoms with van der Waals surface area (Å²) in [6.45, 7) is 9.66. The van der Waals surface area contributed by atoms with E-state index >= 15 is 0 Å². The molecule has 0 radical (unpaired) electrons. The van der Waals surface area contributed by atoms with Gasteiger partial charge >= 0.3 is 0 Å². The van der Waals surface area contributed by atoms with Crippen molar-refractivity contribution in [2.75, 3.05) is 0 Å². The predicted molar refractivity (Wildman–Crippen MR) is 54.4 cm³/mol. The first-order chi connectivity index (χ1) is 5.60. The second-order valence-electron chi connectivity index (χ2n) is 2.89. The zero-order chi connectivity index (χ0) is 9.56. The summed E-state index contributed by atoms with van der Waals surface area (Å²) in [5.41, 5.74) is 0. The van der Waals surface area contributed by atoms with Gasteiger partial charge in [-0.3, -0.25) is 0 Å². The summed E-state index contributed by atoms with van der Waals surface area (Å²) in [5.74, 6) is 0. The van der Waals surface area contributed by atoms with Gasteiger partial charge in [0.1, 0.15) is 0 Å². The Morgan fingerprint density at radius 3 is 2.50 bits per heavy atom. The zero-order valence-electron chi connectivity index (χ0n) is 8.01. The smallest absolute Gasteiger partial charge is 0.0773 e. The number of hydrogen-bond acceptors (Lipinski definition) is 1.